The zero-order chi connectivity index (χ0) is 22.0. The highest BCUT2D eigenvalue weighted by Gasteiger charge is 2.21. The first-order valence-corrected chi connectivity index (χ1v) is 11.3. The van der Waals surface area contributed by atoms with E-state index in [-0.39, 0.29) is 23.2 Å². The Labute approximate surface area is 180 Å². The maximum atomic E-state index is 13.4. The number of hydrogen-bond acceptors (Lipinski definition) is 3. The molecule has 2 aromatic carbocycles. The molecule has 0 radical (unpaired) electrons. The van der Waals surface area contributed by atoms with E-state index in [0.717, 1.165) is 22.0 Å². The van der Waals surface area contributed by atoms with Crippen molar-refractivity contribution in [3.8, 4) is 0 Å². The van der Waals surface area contributed by atoms with Crippen molar-refractivity contribution in [3.05, 3.63) is 84.3 Å². The van der Waals surface area contributed by atoms with E-state index in [1.54, 1.807) is 11.0 Å². The molecule has 31 heavy (non-hydrogen) atoms. The highest BCUT2D eigenvalue weighted by Crippen LogP contribution is 2.30. The van der Waals surface area contributed by atoms with Crippen LogP contribution >= 0.6 is 0 Å². The van der Waals surface area contributed by atoms with Gasteiger partial charge in [0.2, 0.25) is 10.0 Å². The molecule has 4 rings (SSSR count). The van der Waals surface area contributed by atoms with E-state index in [2.05, 4.69) is 16.3 Å². The van der Waals surface area contributed by atoms with Crippen LogP contribution in [0.15, 0.2) is 72.3 Å². The Morgan fingerprint density at radius 3 is 2.68 bits per heavy atom. The largest absolute Gasteiger partial charge is 0.360 e. The summed E-state index contributed by atoms with van der Waals surface area (Å²) < 4.78 is 40.1. The molecule has 1 aromatic heterocycles. The molecule has 0 bridgehead atoms. The Balaban J connectivity index is 1.47. The summed E-state index contributed by atoms with van der Waals surface area (Å²) in [6.07, 6.45) is 6.01. The van der Waals surface area contributed by atoms with Crippen LogP contribution in [0.5, 0.6) is 0 Å². The van der Waals surface area contributed by atoms with E-state index in [1.807, 2.05) is 12.3 Å². The number of nitrogens with zero attached hydrogens (tertiary/aromatic N) is 1. The van der Waals surface area contributed by atoms with Crippen molar-refractivity contribution >= 4 is 32.4 Å². The number of hydrogen-bond donors (Lipinski definition) is 2. The average molecular weight is 440 g/mol. The molecule has 3 aromatic rings. The lowest BCUT2D eigenvalue weighted by Crippen LogP contribution is -2.34. The zero-order valence-corrected chi connectivity index (χ0v) is 17.6. The minimum absolute atomic E-state index is 0.0995. The fourth-order valence-corrected chi connectivity index (χ4v) is 4.67. The molecule has 1 amide bonds. The fraction of sp³-hybridized carbons (Fsp3) is 0.174. The molecular formula is C23H22FN3O3S. The van der Waals surface area contributed by atoms with Crippen LogP contribution in [0.25, 0.3) is 16.5 Å². The van der Waals surface area contributed by atoms with E-state index in [9.17, 15) is 17.6 Å². The summed E-state index contributed by atoms with van der Waals surface area (Å²) >= 11 is 0. The first-order valence-electron chi connectivity index (χ1n) is 9.85. The third-order valence-electron chi connectivity index (χ3n) is 5.32. The Morgan fingerprint density at radius 2 is 2.00 bits per heavy atom. The minimum atomic E-state index is -3.62. The van der Waals surface area contributed by atoms with Crippen LogP contribution in [0.4, 0.5) is 4.39 Å². The molecule has 1 aliphatic rings. The summed E-state index contributed by atoms with van der Waals surface area (Å²) in [5.74, 6) is -0.440. The lowest BCUT2D eigenvalue weighted by atomic mass is 9.98. The Hall–Kier alpha value is -3.23. The van der Waals surface area contributed by atoms with Gasteiger partial charge in [0, 0.05) is 47.9 Å². The molecule has 0 atom stereocenters. The molecule has 6 nitrogen and oxygen atoms in total. The quantitative estimate of drug-likeness (QED) is 0.575. The third kappa shape index (κ3) is 4.30. The minimum Gasteiger partial charge on any atom is -0.360 e. The second-order valence-electron chi connectivity index (χ2n) is 7.29. The number of amides is 1. The van der Waals surface area contributed by atoms with Crippen LogP contribution in [0.2, 0.25) is 0 Å². The van der Waals surface area contributed by atoms with Crippen molar-refractivity contribution in [2.75, 3.05) is 19.6 Å². The molecule has 1 aliphatic heterocycles. The van der Waals surface area contributed by atoms with Crippen LogP contribution in [0.3, 0.4) is 0 Å². The van der Waals surface area contributed by atoms with Gasteiger partial charge in [-0.25, -0.2) is 17.5 Å². The first-order chi connectivity index (χ1) is 14.9. The van der Waals surface area contributed by atoms with E-state index < -0.39 is 10.0 Å². The van der Waals surface area contributed by atoms with Gasteiger partial charge in [0.05, 0.1) is 4.90 Å². The molecule has 0 fully saturated rings. The second kappa shape index (κ2) is 8.49. The smallest absolute Gasteiger partial charge is 0.254 e. The molecule has 2 heterocycles. The van der Waals surface area contributed by atoms with E-state index in [1.165, 1.54) is 42.5 Å². The summed E-state index contributed by atoms with van der Waals surface area (Å²) in [6.45, 7) is 4.61. The van der Waals surface area contributed by atoms with Gasteiger partial charge in [-0.05, 0) is 54.5 Å². The monoisotopic (exact) mass is 439 g/mol. The molecule has 0 aliphatic carbocycles. The van der Waals surface area contributed by atoms with E-state index in [4.69, 9.17) is 0 Å². The maximum absolute atomic E-state index is 13.4. The van der Waals surface area contributed by atoms with Crippen molar-refractivity contribution < 1.29 is 17.6 Å². The predicted molar refractivity (Wildman–Crippen MR) is 119 cm³/mol. The summed E-state index contributed by atoms with van der Waals surface area (Å²) in [4.78, 5) is 17.8. The van der Waals surface area contributed by atoms with Gasteiger partial charge in [-0.2, -0.15) is 0 Å². The Morgan fingerprint density at radius 1 is 1.23 bits per heavy atom. The number of sulfonamides is 1. The van der Waals surface area contributed by atoms with Crippen LogP contribution in [-0.2, 0) is 10.0 Å². The number of carbonyl (C=O) groups is 1. The van der Waals surface area contributed by atoms with Gasteiger partial charge in [-0.3, -0.25) is 4.79 Å². The summed E-state index contributed by atoms with van der Waals surface area (Å²) in [5, 5.41) is 0.953. The van der Waals surface area contributed by atoms with Gasteiger partial charge in [-0.1, -0.05) is 12.2 Å². The van der Waals surface area contributed by atoms with Gasteiger partial charge in [0.1, 0.15) is 5.82 Å². The van der Waals surface area contributed by atoms with Gasteiger partial charge in [-0.15, -0.1) is 6.58 Å². The summed E-state index contributed by atoms with van der Waals surface area (Å²) in [5.41, 5.74) is 3.30. The number of nitrogens with one attached hydrogen (secondary N) is 2. The highest BCUT2D eigenvalue weighted by atomic mass is 32.2. The lowest BCUT2D eigenvalue weighted by Gasteiger charge is -2.26. The number of fused-ring (bicyclic) bond motifs is 1. The number of benzene rings is 2. The molecule has 0 spiro atoms. The van der Waals surface area contributed by atoms with Gasteiger partial charge in [0.15, 0.2) is 0 Å². The van der Waals surface area contributed by atoms with Crippen LogP contribution in [0, 0.1) is 5.82 Å². The van der Waals surface area contributed by atoms with Gasteiger partial charge in [0.25, 0.3) is 5.91 Å². The van der Waals surface area contributed by atoms with Crippen molar-refractivity contribution in [3.63, 3.8) is 0 Å². The van der Waals surface area contributed by atoms with E-state index >= 15 is 0 Å². The maximum Gasteiger partial charge on any atom is 0.254 e. The van der Waals surface area contributed by atoms with Crippen LogP contribution in [0.1, 0.15) is 22.3 Å². The third-order valence-corrected chi connectivity index (χ3v) is 6.75. The van der Waals surface area contributed by atoms with Crippen molar-refractivity contribution in [2.24, 2.45) is 0 Å². The van der Waals surface area contributed by atoms with Crippen LogP contribution < -0.4 is 4.72 Å². The lowest BCUT2D eigenvalue weighted by molar-refractivity contribution is 0.0773. The normalized spacial score (nSPS) is 14.5. The number of H-pyrrole nitrogens is 1. The fourth-order valence-electron chi connectivity index (χ4n) is 3.67. The van der Waals surface area contributed by atoms with Crippen LogP contribution in [-0.4, -0.2) is 43.8 Å². The molecule has 160 valence electrons. The Bertz CT molecular complexity index is 1280. The molecule has 0 saturated carbocycles. The molecule has 0 saturated heterocycles. The number of carbonyl (C=O) groups excluding carboxylic acids is 1. The number of rotatable bonds is 6. The second-order valence-corrected chi connectivity index (χ2v) is 9.05. The SMILES string of the molecule is C=CCNS(=O)(=O)c1ccc(C(=O)N2CC=C(c3c[nH]c4cc(F)ccc34)CC2)cc1. The number of halogens is 1. The van der Waals surface area contributed by atoms with Gasteiger partial charge < -0.3 is 9.88 Å². The summed E-state index contributed by atoms with van der Waals surface area (Å²) in [7, 11) is -3.62. The van der Waals surface area contributed by atoms with Crippen molar-refractivity contribution in [1.82, 2.24) is 14.6 Å². The van der Waals surface area contributed by atoms with Gasteiger partial charge >= 0.3 is 0 Å². The van der Waals surface area contributed by atoms with E-state index in [0.29, 0.717) is 25.1 Å². The topological polar surface area (TPSA) is 82.3 Å². The van der Waals surface area contributed by atoms with Crippen molar-refractivity contribution in [1.29, 1.82) is 0 Å². The van der Waals surface area contributed by atoms with Crippen molar-refractivity contribution in [2.45, 2.75) is 11.3 Å². The number of aromatic nitrogens is 1. The highest BCUT2D eigenvalue weighted by molar-refractivity contribution is 7.89. The summed E-state index contributed by atoms with van der Waals surface area (Å²) in [6, 6.07) is 10.6. The molecular weight excluding hydrogens is 417 g/mol. The molecule has 2 N–H and O–H groups in total. The predicted octanol–water partition coefficient (Wildman–Crippen LogP) is 3.70. The Kier molecular flexibility index (Phi) is 5.75. The number of aromatic amines is 1. The zero-order valence-electron chi connectivity index (χ0n) is 16.8. The molecule has 8 heteroatoms. The first kappa shape index (κ1) is 21.0. The average Bonchev–Trinajstić information content (AvgIpc) is 3.20. The standard InChI is InChI=1S/C23H22FN3O3S/c1-2-11-26-31(29,30)19-6-3-17(4-7-19)23(28)27-12-9-16(10-13-27)21-15-25-22-14-18(24)5-8-20(21)22/h2-9,14-15,25-26H,1,10-13H2. The molecule has 0 unspecified atom stereocenters.